The maximum Gasteiger partial charge on any atom is 0.230 e. The minimum Gasteiger partial charge on any atom is -0.367 e. The molecule has 1 aliphatic rings. The molecular formula is C20H21N5OS. The fraction of sp³-hybridized carbons (Fsp3) is 0.250. The molecule has 3 aromatic heterocycles. The van der Waals surface area contributed by atoms with Gasteiger partial charge in [-0.15, -0.1) is 11.3 Å². The molecule has 1 aliphatic heterocycles. The summed E-state index contributed by atoms with van der Waals surface area (Å²) in [5, 5.41) is 4.84. The van der Waals surface area contributed by atoms with E-state index in [4.69, 9.17) is 0 Å². The molecule has 1 fully saturated rings. The summed E-state index contributed by atoms with van der Waals surface area (Å²) in [7, 11) is 0. The molecule has 0 saturated carbocycles. The summed E-state index contributed by atoms with van der Waals surface area (Å²) in [5.41, 5.74) is 1.08. The Morgan fingerprint density at radius 1 is 1.00 bits per heavy atom. The van der Waals surface area contributed by atoms with E-state index in [9.17, 15) is 4.79 Å². The Balaban J connectivity index is 1.31. The second-order valence-electron chi connectivity index (χ2n) is 6.37. The van der Waals surface area contributed by atoms with E-state index in [1.807, 2.05) is 60.2 Å². The molecule has 3 aromatic rings. The molecule has 4 rings (SSSR count). The minimum absolute atomic E-state index is 0.0401. The number of piperazine rings is 1. The zero-order valence-corrected chi connectivity index (χ0v) is 15.7. The molecule has 138 valence electrons. The standard InChI is InChI=1S/C20H21N5OS/c26-20(14-17-4-3-13-27-17)23-18-7-6-16(15-22-18)24-9-11-25(12-10-24)19-5-1-2-8-21-19/h1-8,13,15H,9-12,14H2,(H,22,23,26). The molecule has 4 heterocycles. The van der Waals surface area contributed by atoms with Crippen LogP contribution < -0.4 is 15.1 Å². The fourth-order valence-corrected chi connectivity index (χ4v) is 3.84. The molecule has 0 bridgehead atoms. The molecule has 6 nitrogen and oxygen atoms in total. The topological polar surface area (TPSA) is 61.4 Å². The fourth-order valence-electron chi connectivity index (χ4n) is 3.14. The molecule has 27 heavy (non-hydrogen) atoms. The zero-order valence-electron chi connectivity index (χ0n) is 14.9. The van der Waals surface area contributed by atoms with Crippen LogP contribution in [-0.2, 0) is 11.2 Å². The van der Waals surface area contributed by atoms with Crippen LogP contribution in [0.3, 0.4) is 0 Å². The minimum atomic E-state index is -0.0401. The van der Waals surface area contributed by atoms with Crippen LogP contribution in [0, 0.1) is 0 Å². The Kier molecular flexibility index (Phi) is 5.29. The first kappa shape index (κ1) is 17.5. The lowest BCUT2D eigenvalue weighted by molar-refractivity contribution is -0.115. The highest BCUT2D eigenvalue weighted by Crippen LogP contribution is 2.20. The van der Waals surface area contributed by atoms with Crippen molar-refractivity contribution >= 4 is 34.6 Å². The molecule has 0 spiro atoms. The van der Waals surface area contributed by atoms with Crippen molar-refractivity contribution in [1.29, 1.82) is 0 Å². The first-order valence-corrected chi connectivity index (χ1v) is 9.85. The van der Waals surface area contributed by atoms with Crippen LogP contribution in [0.15, 0.2) is 60.2 Å². The summed E-state index contributed by atoms with van der Waals surface area (Å²) >= 11 is 1.59. The van der Waals surface area contributed by atoms with Gasteiger partial charge in [-0.3, -0.25) is 4.79 Å². The Bertz CT molecular complexity index is 859. The van der Waals surface area contributed by atoms with Gasteiger partial charge in [0.2, 0.25) is 5.91 Å². The number of anilines is 3. The number of rotatable bonds is 5. The Morgan fingerprint density at radius 2 is 1.85 bits per heavy atom. The van der Waals surface area contributed by atoms with Crippen LogP contribution in [0.1, 0.15) is 4.88 Å². The van der Waals surface area contributed by atoms with Crippen molar-refractivity contribution in [2.45, 2.75) is 6.42 Å². The second-order valence-corrected chi connectivity index (χ2v) is 7.40. The summed E-state index contributed by atoms with van der Waals surface area (Å²) in [6.45, 7) is 3.69. The number of amides is 1. The van der Waals surface area contributed by atoms with E-state index in [2.05, 4.69) is 25.1 Å². The summed E-state index contributed by atoms with van der Waals surface area (Å²) in [6.07, 6.45) is 4.05. The van der Waals surface area contributed by atoms with Crippen molar-refractivity contribution in [3.8, 4) is 0 Å². The van der Waals surface area contributed by atoms with Gasteiger partial charge in [-0.1, -0.05) is 12.1 Å². The number of carbonyl (C=O) groups is 1. The molecule has 7 heteroatoms. The quantitative estimate of drug-likeness (QED) is 0.738. The van der Waals surface area contributed by atoms with Crippen LogP contribution in [0.5, 0.6) is 0 Å². The van der Waals surface area contributed by atoms with E-state index >= 15 is 0 Å². The van der Waals surface area contributed by atoms with E-state index in [0.29, 0.717) is 12.2 Å². The van der Waals surface area contributed by atoms with E-state index in [-0.39, 0.29) is 5.91 Å². The van der Waals surface area contributed by atoms with Gasteiger partial charge in [-0.25, -0.2) is 9.97 Å². The normalized spacial score (nSPS) is 14.2. The number of aromatic nitrogens is 2. The van der Waals surface area contributed by atoms with Crippen molar-refractivity contribution in [3.63, 3.8) is 0 Å². The van der Waals surface area contributed by atoms with Crippen molar-refractivity contribution in [3.05, 3.63) is 65.1 Å². The SMILES string of the molecule is O=C(Cc1cccs1)Nc1ccc(N2CCN(c3ccccn3)CC2)cn1. The lowest BCUT2D eigenvalue weighted by atomic mass is 10.2. The maximum absolute atomic E-state index is 12.1. The highest BCUT2D eigenvalue weighted by molar-refractivity contribution is 7.10. The lowest BCUT2D eigenvalue weighted by Crippen LogP contribution is -2.46. The Labute approximate surface area is 162 Å². The molecule has 0 aromatic carbocycles. The number of nitrogens with zero attached hydrogens (tertiary/aromatic N) is 4. The summed E-state index contributed by atoms with van der Waals surface area (Å²) in [4.78, 5) is 26.6. The summed E-state index contributed by atoms with van der Waals surface area (Å²) < 4.78 is 0. The highest BCUT2D eigenvalue weighted by Gasteiger charge is 2.18. The van der Waals surface area contributed by atoms with Gasteiger partial charge < -0.3 is 15.1 Å². The van der Waals surface area contributed by atoms with Crippen LogP contribution in [-0.4, -0.2) is 42.1 Å². The monoisotopic (exact) mass is 379 g/mol. The number of hydrogen-bond donors (Lipinski definition) is 1. The molecule has 0 radical (unpaired) electrons. The number of carbonyl (C=O) groups excluding carboxylic acids is 1. The van der Waals surface area contributed by atoms with Crippen molar-refractivity contribution in [2.75, 3.05) is 41.3 Å². The largest absolute Gasteiger partial charge is 0.367 e. The van der Waals surface area contributed by atoms with Gasteiger partial charge in [0.05, 0.1) is 18.3 Å². The van der Waals surface area contributed by atoms with Gasteiger partial charge in [0.15, 0.2) is 0 Å². The predicted octanol–water partition coefficient (Wildman–Crippen LogP) is 3.05. The van der Waals surface area contributed by atoms with Gasteiger partial charge in [-0.2, -0.15) is 0 Å². The summed E-state index contributed by atoms with van der Waals surface area (Å²) in [5.74, 6) is 1.58. The summed E-state index contributed by atoms with van der Waals surface area (Å²) in [6, 6.07) is 13.8. The van der Waals surface area contributed by atoms with Crippen molar-refractivity contribution < 1.29 is 4.79 Å². The van der Waals surface area contributed by atoms with Crippen LogP contribution in [0.4, 0.5) is 17.3 Å². The first-order chi connectivity index (χ1) is 13.3. The number of thiophene rings is 1. The van der Waals surface area contributed by atoms with Gasteiger partial charge in [0.1, 0.15) is 11.6 Å². The van der Waals surface area contributed by atoms with Crippen molar-refractivity contribution in [1.82, 2.24) is 9.97 Å². The lowest BCUT2D eigenvalue weighted by Gasteiger charge is -2.36. The first-order valence-electron chi connectivity index (χ1n) is 8.97. The van der Waals surface area contributed by atoms with Crippen LogP contribution in [0.2, 0.25) is 0 Å². The van der Waals surface area contributed by atoms with Gasteiger partial charge in [0, 0.05) is 37.3 Å². The highest BCUT2D eigenvalue weighted by atomic mass is 32.1. The number of pyridine rings is 2. The van der Waals surface area contributed by atoms with Gasteiger partial charge in [0.25, 0.3) is 0 Å². The third-order valence-corrected chi connectivity index (χ3v) is 5.42. The molecular weight excluding hydrogens is 358 g/mol. The van der Waals surface area contributed by atoms with Crippen LogP contribution >= 0.6 is 11.3 Å². The van der Waals surface area contributed by atoms with Gasteiger partial charge >= 0.3 is 0 Å². The van der Waals surface area contributed by atoms with E-state index < -0.39 is 0 Å². The average Bonchev–Trinajstić information content (AvgIpc) is 3.22. The third kappa shape index (κ3) is 4.43. The van der Waals surface area contributed by atoms with E-state index in [1.54, 1.807) is 11.3 Å². The van der Waals surface area contributed by atoms with Crippen molar-refractivity contribution in [2.24, 2.45) is 0 Å². The molecule has 1 N–H and O–H groups in total. The van der Waals surface area contributed by atoms with E-state index in [1.165, 1.54) is 0 Å². The van der Waals surface area contributed by atoms with E-state index in [0.717, 1.165) is 42.6 Å². The molecule has 1 amide bonds. The number of hydrogen-bond acceptors (Lipinski definition) is 6. The average molecular weight is 379 g/mol. The molecule has 0 aliphatic carbocycles. The Hall–Kier alpha value is -2.93. The molecule has 0 atom stereocenters. The molecule has 0 unspecified atom stereocenters. The zero-order chi connectivity index (χ0) is 18.5. The Morgan fingerprint density at radius 3 is 2.52 bits per heavy atom. The smallest absolute Gasteiger partial charge is 0.230 e. The molecule has 1 saturated heterocycles. The van der Waals surface area contributed by atoms with Crippen LogP contribution in [0.25, 0.3) is 0 Å². The maximum atomic E-state index is 12.1. The second kappa shape index (κ2) is 8.18. The van der Waals surface area contributed by atoms with Gasteiger partial charge in [-0.05, 0) is 35.7 Å². The number of nitrogens with one attached hydrogen (secondary N) is 1. The predicted molar refractivity (Wildman–Crippen MR) is 110 cm³/mol. The third-order valence-electron chi connectivity index (χ3n) is 4.55.